The molecule has 0 saturated heterocycles. The molecule has 114 valence electrons. The highest BCUT2D eigenvalue weighted by Crippen LogP contribution is 2.26. The molecule has 0 N–H and O–H groups in total. The number of aromatic nitrogens is 2. The molecule has 0 radical (unpaired) electrons. The lowest BCUT2D eigenvalue weighted by atomic mass is 10.2. The van der Waals surface area contributed by atoms with Gasteiger partial charge in [0.1, 0.15) is 0 Å². The zero-order chi connectivity index (χ0) is 16.3. The first-order valence-corrected chi connectivity index (χ1v) is 7.00. The Kier molecular flexibility index (Phi) is 5.00. The fourth-order valence-electron chi connectivity index (χ4n) is 1.83. The Hall–Kier alpha value is -2.11. The van der Waals surface area contributed by atoms with Gasteiger partial charge in [-0.15, -0.1) is 0 Å². The quantitative estimate of drug-likeness (QED) is 0.635. The van der Waals surface area contributed by atoms with Crippen molar-refractivity contribution in [3.63, 3.8) is 0 Å². The van der Waals surface area contributed by atoms with E-state index in [2.05, 4.69) is 9.84 Å². The molecule has 2 rings (SSSR count). The molecule has 7 heteroatoms. The van der Waals surface area contributed by atoms with Gasteiger partial charge in [0.25, 0.3) is 5.91 Å². The van der Waals surface area contributed by atoms with Crippen molar-refractivity contribution in [2.24, 2.45) is 0 Å². The number of rotatable bonds is 3. The van der Waals surface area contributed by atoms with E-state index >= 15 is 0 Å². The Labute approximate surface area is 137 Å². The van der Waals surface area contributed by atoms with E-state index in [1.165, 1.54) is 25.5 Å². The second kappa shape index (κ2) is 6.77. The van der Waals surface area contributed by atoms with Gasteiger partial charge in [-0.25, -0.2) is 4.79 Å². The third-order valence-electron chi connectivity index (χ3n) is 2.95. The third-order valence-corrected chi connectivity index (χ3v) is 3.58. The van der Waals surface area contributed by atoms with Gasteiger partial charge in [0.2, 0.25) is 0 Å². The Morgan fingerprint density at radius 2 is 1.91 bits per heavy atom. The highest BCUT2D eigenvalue weighted by Gasteiger charge is 2.20. The molecule has 0 aliphatic rings. The molecule has 2 aromatic rings. The van der Waals surface area contributed by atoms with E-state index in [1.807, 2.05) is 0 Å². The van der Waals surface area contributed by atoms with Crippen LogP contribution in [0.25, 0.3) is 6.08 Å². The number of esters is 1. The molecule has 0 aliphatic heterocycles. The average Bonchev–Trinajstić information content (AvgIpc) is 2.85. The number of carbonyl (C=O) groups excluding carboxylic acids is 2. The SMILES string of the molecule is COC(=O)/C=C/c1c(C)cnn1C(=O)c1c(Cl)cccc1Cl. The summed E-state index contributed by atoms with van der Waals surface area (Å²) in [4.78, 5) is 23.8. The van der Waals surface area contributed by atoms with Crippen LogP contribution in [-0.2, 0) is 9.53 Å². The fraction of sp³-hybridized carbons (Fsp3) is 0.133. The van der Waals surface area contributed by atoms with Crippen molar-refractivity contribution >= 4 is 41.2 Å². The number of nitrogens with zero attached hydrogens (tertiary/aromatic N) is 2. The van der Waals surface area contributed by atoms with Crippen molar-refractivity contribution in [2.75, 3.05) is 7.11 Å². The summed E-state index contributed by atoms with van der Waals surface area (Å²) in [6.45, 7) is 1.77. The minimum absolute atomic E-state index is 0.154. The molecule has 0 fully saturated rings. The van der Waals surface area contributed by atoms with E-state index < -0.39 is 11.9 Å². The molecular weight excluding hydrogens is 327 g/mol. The van der Waals surface area contributed by atoms with Gasteiger partial charge in [-0.3, -0.25) is 4.79 Å². The van der Waals surface area contributed by atoms with E-state index in [4.69, 9.17) is 23.2 Å². The Balaban J connectivity index is 2.48. The maximum atomic E-state index is 12.6. The van der Waals surface area contributed by atoms with Gasteiger partial charge in [-0.2, -0.15) is 9.78 Å². The van der Waals surface area contributed by atoms with E-state index in [9.17, 15) is 9.59 Å². The van der Waals surface area contributed by atoms with Crippen LogP contribution in [0.15, 0.2) is 30.5 Å². The molecule has 0 bridgehead atoms. The minimum atomic E-state index is -0.532. The van der Waals surface area contributed by atoms with Gasteiger partial charge in [-0.1, -0.05) is 29.3 Å². The van der Waals surface area contributed by atoms with Gasteiger partial charge < -0.3 is 4.74 Å². The number of benzene rings is 1. The van der Waals surface area contributed by atoms with Gasteiger partial charge in [-0.05, 0) is 30.7 Å². The number of hydrogen-bond acceptors (Lipinski definition) is 4. The topological polar surface area (TPSA) is 61.2 Å². The predicted molar refractivity (Wildman–Crippen MR) is 84.2 cm³/mol. The zero-order valence-corrected chi connectivity index (χ0v) is 13.4. The lowest BCUT2D eigenvalue weighted by molar-refractivity contribution is -0.134. The molecule has 0 amide bonds. The molecule has 0 saturated carbocycles. The largest absolute Gasteiger partial charge is 0.466 e. The molecule has 1 heterocycles. The Bertz CT molecular complexity index is 746. The standard InChI is InChI=1S/C15H12Cl2N2O3/c1-9-8-18-19(12(9)6-7-13(20)22-2)15(21)14-10(16)4-3-5-11(14)17/h3-8H,1-2H3/b7-6+. The molecule has 22 heavy (non-hydrogen) atoms. The Morgan fingerprint density at radius 3 is 2.50 bits per heavy atom. The van der Waals surface area contributed by atoms with E-state index in [-0.39, 0.29) is 15.6 Å². The smallest absolute Gasteiger partial charge is 0.330 e. The van der Waals surface area contributed by atoms with E-state index in [1.54, 1.807) is 25.1 Å². The number of carbonyl (C=O) groups is 2. The predicted octanol–water partition coefficient (Wildman–Crippen LogP) is 3.37. The normalized spacial score (nSPS) is 10.9. The second-order valence-corrected chi connectivity index (χ2v) is 5.20. The van der Waals surface area contributed by atoms with Crippen molar-refractivity contribution in [3.8, 4) is 0 Å². The van der Waals surface area contributed by atoms with Crippen molar-refractivity contribution < 1.29 is 14.3 Å². The van der Waals surface area contributed by atoms with Gasteiger partial charge in [0.15, 0.2) is 0 Å². The van der Waals surface area contributed by atoms with Crippen LogP contribution in [0, 0.1) is 6.92 Å². The van der Waals surface area contributed by atoms with Crippen LogP contribution in [0.2, 0.25) is 10.0 Å². The number of ether oxygens (including phenoxy) is 1. The summed E-state index contributed by atoms with van der Waals surface area (Å²) >= 11 is 12.1. The minimum Gasteiger partial charge on any atom is -0.466 e. The first kappa shape index (κ1) is 16.3. The summed E-state index contributed by atoms with van der Waals surface area (Å²) in [6, 6.07) is 4.79. The number of methoxy groups -OCH3 is 1. The van der Waals surface area contributed by atoms with E-state index in [0.29, 0.717) is 5.69 Å². The van der Waals surface area contributed by atoms with Crippen LogP contribution in [0.5, 0.6) is 0 Å². The van der Waals surface area contributed by atoms with Crippen LogP contribution in [0.4, 0.5) is 0 Å². The van der Waals surface area contributed by atoms with Gasteiger partial charge in [0.05, 0.1) is 34.6 Å². The van der Waals surface area contributed by atoms with Gasteiger partial charge >= 0.3 is 5.97 Å². The van der Waals surface area contributed by atoms with Crippen LogP contribution in [0.3, 0.4) is 0 Å². The maximum absolute atomic E-state index is 12.6. The molecule has 1 aromatic heterocycles. The van der Waals surface area contributed by atoms with Crippen LogP contribution in [-0.4, -0.2) is 28.8 Å². The molecule has 0 atom stereocenters. The van der Waals surface area contributed by atoms with E-state index in [0.717, 1.165) is 10.2 Å². The van der Waals surface area contributed by atoms with Crippen LogP contribution in [0.1, 0.15) is 21.6 Å². The van der Waals surface area contributed by atoms with Crippen molar-refractivity contribution in [3.05, 3.63) is 57.3 Å². The highest BCUT2D eigenvalue weighted by molar-refractivity contribution is 6.39. The average molecular weight is 339 g/mol. The summed E-state index contributed by atoms with van der Waals surface area (Å²) < 4.78 is 5.67. The third kappa shape index (κ3) is 3.21. The van der Waals surface area contributed by atoms with Gasteiger partial charge in [0, 0.05) is 6.08 Å². The first-order valence-electron chi connectivity index (χ1n) is 6.25. The van der Waals surface area contributed by atoms with Crippen molar-refractivity contribution in [1.29, 1.82) is 0 Å². The van der Waals surface area contributed by atoms with Crippen LogP contribution < -0.4 is 0 Å². The highest BCUT2D eigenvalue weighted by atomic mass is 35.5. The number of hydrogen-bond donors (Lipinski definition) is 0. The summed E-state index contributed by atoms with van der Waals surface area (Å²) in [6.07, 6.45) is 4.18. The molecule has 1 aromatic carbocycles. The maximum Gasteiger partial charge on any atom is 0.330 e. The number of aryl methyl sites for hydroxylation is 1. The summed E-state index contributed by atoms with van der Waals surface area (Å²) in [7, 11) is 1.27. The summed E-state index contributed by atoms with van der Waals surface area (Å²) in [5.41, 5.74) is 1.32. The lowest BCUT2D eigenvalue weighted by Crippen LogP contribution is -2.16. The summed E-state index contributed by atoms with van der Waals surface area (Å²) in [5, 5.41) is 4.48. The molecule has 5 nitrogen and oxygen atoms in total. The zero-order valence-electron chi connectivity index (χ0n) is 11.8. The summed E-state index contributed by atoms with van der Waals surface area (Å²) in [5.74, 6) is -1.01. The van der Waals surface area contributed by atoms with Crippen molar-refractivity contribution in [1.82, 2.24) is 9.78 Å². The van der Waals surface area contributed by atoms with Crippen molar-refractivity contribution in [2.45, 2.75) is 6.92 Å². The Morgan fingerprint density at radius 1 is 1.27 bits per heavy atom. The number of halogens is 2. The monoisotopic (exact) mass is 338 g/mol. The molecule has 0 unspecified atom stereocenters. The molecule has 0 aliphatic carbocycles. The van der Waals surface area contributed by atoms with Crippen LogP contribution >= 0.6 is 23.2 Å². The second-order valence-electron chi connectivity index (χ2n) is 4.38. The molecular formula is C15H12Cl2N2O3. The first-order chi connectivity index (χ1) is 10.5. The fourth-order valence-corrected chi connectivity index (χ4v) is 2.39. The lowest BCUT2D eigenvalue weighted by Gasteiger charge is -2.07. The molecule has 0 spiro atoms.